The molecular weight excluding hydrogens is 404 g/mol. The summed E-state index contributed by atoms with van der Waals surface area (Å²) in [6, 6.07) is 7.36. The Morgan fingerprint density at radius 3 is 2.31 bits per heavy atom. The fourth-order valence-electron chi connectivity index (χ4n) is 4.81. The lowest BCUT2D eigenvalue weighted by Crippen LogP contribution is -2.46. The molecule has 3 aliphatic rings. The lowest BCUT2D eigenvalue weighted by atomic mass is 10.0. The molecule has 0 N–H and O–H groups in total. The van der Waals surface area contributed by atoms with Crippen LogP contribution in [0.4, 0.5) is 11.8 Å². The number of likely N-dealkylation sites (N-methyl/N-ethyl adjacent to an activating group) is 1. The van der Waals surface area contributed by atoms with E-state index in [4.69, 9.17) is 14.7 Å². The Morgan fingerprint density at radius 1 is 0.906 bits per heavy atom. The summed E-state index contributed by atoms with van der Waals surface area (Å²) in [5.41, 5.74) is 2.91. The second-order valence-electron chi connectivity index (χ2n) is 8.96. The molecule has 1 aromatic heterocycles. The van der Waals surface area contributed by atoms with Crippen molar-refractivity contribution in [2.75, 3.05) is 69.8 Å². The normalized spacial score (nSPS) is 19.2. The molecular formula is C24H32N6O2. The molecule has 1 amide bonds. The molecule has 0 unspecified atom stereocenters. The lowest BCUT2D eigenvalue weighted by molar-refractivity contribution is 0.0733. The monoisotopic (exact) mass is 436 g/mol. The SMILES string of the molecule is COc1ccc(C(=O)N2CCc3nc(N4CCCC4)nc(N4CCN(C)CC4)c3C2)cc1. The molecule has 0 saturated carbocycles. The first-order chi connectivity index (χ1) is 15.6. The van der Waals surface area contributed by atoms with Crippen LogP contribution in [-0.2, 0) is 13.0 Å². The number of benzene rings is 1. The molecule has 32 heavy (non-hydrogen) atoms. The molecule has 0 bridgehead atoms. The summed E-state index contributed by atoms with van der Waals surface area (Å²) >= 11 is 0. The number of anilines is 2. The van der Waals surface area contributed by atoms with Crippen molar-refractivity contribution in [3.63, 3.8) is 0 Å². The van der Waals surface area contributed by atoms with Gasteiger partial charge in [0, 0.05) is 63.4 Å². The lowest BCUT2D eigenvalue weighted by Gasteiger charge is -2.37. The van der Waals surface area contributed by atoms with E-state index in [9.17, 15) is 4.79 Å². The summed E-state index contributed by atoms with van der Waals surface area (Å²) in [6.07, 6.45) is 3.17. The number of piperazine rings is 1. The third-order valence-corrected chi connectivity index (χ3v) is 6.84. The summed E-state index contributed by atoms with van der Waals surface area (Å²) in [6.45, 7) is 7.24. The van der Waals surface area contributed by atoms with E-state index in [-0.39, 0.29) is 5.91 Å². The van der Waals surface area contributed by atoms with Crippen molar-refractivity contribution < 1.29 is 9.53 Å². The predicted octanol–water partition coefficient (Wildman–Crippen LogP) is 2.04. The van der Waals surface area contributed by atoms with Gasteiger partial charge in [0.05, 0.1) is 19.3 Å². The van der Waals surface area contributed by atoms with Crippen LogP contribution < -0.4 is 14.5 Å². The van der Waals surface area contributed by atoms with Gasteiger partial charge >= 0.3 is 0 Å². The molecule has 1 aromatic carbocycles. The van der Waals surface area contributed by atoms with E-state index < -0.39 is 0 Å². The number of carbonyl (C=O) groups excluding carboxylic acids is 1. The highest BCUT2D eigenvalue weighted by molar-refractivity contribution is 5.94. The third-order valence-electron chi connectivity index (χ3n) is 6.84. The molecule has 2 aromatic rings. The number of aromatic nitrogens is 2. The largest absolute Gasteiger partial charge is 0.497 e. The van der Waals surface area contributed by atoms with Crippen LogP contribution in [0, 0.1) is 0 Å². The van der Waals surface area contributed by atoms with E-state index in [1.807, 2.05) is 29.2 Å². The minimum absolute atomic E-state index is 0.0475. The molecule has 2 fully saturated rings. The first kappa shape index (κ1) is 21.0. The predicted molar refractivity (Wildman–Crippen MR) is 125 cm³/mol. The molecule has 170 valence electrons. The Bertz CT molecular complexity index is 965. The number of nitrogens with zero attached hydrogens (tertiary/aromatic N) is 6. The second-order valence-corrected chi connectivity index (χ2v) is 8.96. The van der Waals surface area contributed by atoms with Gasteiger partial charge in [-0.05, 0) is 44.2 Å². The zero-order valence-corrected chi connectivity index (χ0v) is 19.1. The molecule has 3 aliphatic heterocycles. The van der Waals surface area contributed by atoms with E-state index in [0.717, 1.165) is 74.5 Å². The van der Waals surface area contributed by atoms with Crippen LogP contribution >= 0.6 is 0 Å². The van der Waals surface area contributed by atoms with Crippen LogP contribution in [0.15, 0.2) is 24.3 Å². The minimum atomic E-state index is 0.0475. The number of carbonyl (C=O) groups is 1. The number of fused-ring (bicyclic) bond motifs is 1. The van der Waals surface area contributed by atoms with E-state index in [1.165, 1.54) is 12.8 Å². The summed E-state index contributed by atoms with van der Waals surface area (Å²) < 4.78 is 5.23. The van der Waals surface area contributed by atoms with Crippen LogP contribution in [0.2, 0.25) is 0 Å². The molecule has 8 nitrogen and oxygen atoms in total. The first-order valence-corrected chi connectivity index (χ1v) is 11.6. The molecule has 5 rings (SSSR count). The van der Waals surface area contributed by atoms with Crippen LogP contribution in [-0.4, -0.2) is 85.6 Å². The van der Waals surface area contributed by atoms with Crippen LogP contribution in [0.3, 0.4) is 0 Å². The standard InChI is InChI=1S/C24H32N6O2/c1-27-13-15-28(16-14-27)22-20-17-30(23(31)18-5-7-19(32-2)8-6-18)12-9-21(20)25-24(26-22)29-10-3-4-11-29/h5-8H,3-4,9-17H2,1-2H3. The van der Waals surface area contributed by atoms with Gasteiger partial charge in [0.1, 0.15) is 11.6 Å². The molecule has 2 saturated heterocycles. The van der Waals surface area contributed by atoms with Gasteiger partial charge in [-0.25, -0.2) is 4.98 Å². The Hall–Kier alpha value is -2.87. The Labute approximate surface area is 189 Å². The van der Waals surface area contributed by atoms with E-state index >= 15 is 0 Å². The van der Waals surface area contributed by atoms with Crippen LogP contribution in [0.1, 0.15) is 34.5 Å². The highest BCUT2D eigenvalue weighted by Gasteiger charge is 2.30. The average molecular weight is 437 g/mol. The molecule has 0 spiro atoms. The Morgan fingerprint density at radius 2 is 1.62 bits per heavy atom. The van der Waals surface area contributed by atoms with Crippen LogP contribution in [0.5, 0.6) is 5.75 Å². The summed E-state index contributed by atoms with van der Waals surface area (Å²) in [5, 5.41) is 0. The Balaban J connectivity index is 1.44. The van der Waals surface area contributed by atoms with Crippen molar-refractivity contribution in [1.82, 2.24) is 19.8 Å². The van der Waals surface area contributed by atoms with Crippen molar-refractivity contribution in [3.05, 3.63) is 41.1 Å². The fraction of sp³-hybridized carbons (Fsp3) is 0.542. The maximum Gasteiger partial charge on any atom is 0.254 e. The highest BCUT2D eigenvalue weighted by atomic mass is 16.5. The number of rotatable bonds is 4. The van der Waals surface area contributed by atoms with E-state index in [1.54, 1.807) is 7.11 Å². The number of methoxy groups -OCH3 is 1. The molecule has 0 aliphatic carbocycles. The van der Waals surface area contributed by atoms with Crippen molar-refractivity contribution in [3.8, 4) is 5.75 Å². The summed E-state index contributed by atoms with van der Waals surface area (Å²) in [7, 11) is 3.80. The zero-order chi connectivity index (χ0) is 22.1. The number of hydrogen-bond acceptors (Lipinski definition) is 7. The van der Waals surface area contributed by atoms with Crippen LogP contribution in [0.25, 0.3) is 0 Å². The maximum absolute atomic E-state index is 13.2. The zero-order valence-electron chi connectivity index (χ0n) is 19.1. The van der Waals surface area contributed by atoms with Crippen molar-refractivity contribution in [2.45, 2.75) is 25.8 Å². The quantitative estimate of drug-likeness (QED) is 0.727. The average Bonchev–Trinajstić information content (AvgIpc) is 3.38. The van der Waals surface area contributed by atoms with Gasteiger partial charge in [0.2, 0.25) is 5.95 Å². The number of ether oxygens (including phenoxy) is 1. The second kappa shape index (κ2) is 8.94. The van der Waals surface area contributed by atoms with Gasteiger partial charge in [0.15, 0.2) is 0 Å². The molecule has 0 radical (unpaired) electrons. The number of hydrogen-bond donors (Lipinski definition) is 0. The van der Waals surface area contributed by atoms with Crippen molar-refractivity contribution >= 4 is 17.7 Å². The summed E-state index contributed by atoms with van der Waals surface area (Å²) in [4.78, 5) is 32.3. The molecule has 0 atom stereocenters. The van der Waals surface area contributed by atoms with Gasteiger partial charge in [-0.1, -0.05) is 0 Å². The van der Waals surface area contributed by atoms with Gasteiger partial charge in [-0.15, -0.1) is 0 Å². The Kier molecular flexibility index (Phi) is 5.87. The molecule has 8 heteroatoms. The van der Waals surface area contributed by atoms with Gasteiger partial charge < -0.3 is 24.3 Å². The smallest absolute Gasteiger partial charge is 0.254 e. The maximum atomic E-state index is 13.2. The fourth-order valence-corrected chi connectivity index (χ4v) is 4.81. The van der Waals surface area contributed by atoms with Gasteiger partial charge in [-0.2, -0.15) is 4.98 Å². The van der Waals surface area contributed by atoms with E-state index in [0.29, 0.717) is 18.7 Å². The van der Waals surface area contributed by atoms with E-state index in [2.05, 4.69) is 21.7 Å². The number of amides is 1. The molecule has 4 heterocycles. The van der Waals surface area contributed by atoms with Gasteiger partial charge in [-0.3, -0.25) is 4.79 Å². The third kappa shape index (κ3) is 4.11. The van der Waals surface area contributed by atoms with Gasteiger partial charge in [0.25, 0.3) is 5.91 Å². The first-order valence-electron chi connectivity index (χ1n) is 11.6. The minimum Gasteiger partial charge on any atom is -0.497 e. The summed E-state index contributed by atoms with van der Waals surface area (Å²) in [5.74, 6) is 2.69. The topological polar surface area (TPSA) is 65.0 Å². The highest BCUT2D eigenvalue weighted by Crippen LogP contribution is 2.31. The van der Waals surface area contributed by atoms with Crippen molar-refractivity contribution in [2.24, 2.45) is 0 Å². The van der Waals surface area contributed by atoms with Crippen molar-refractivity contribution in [1.29, 1.82) is 0 Å².